The van der Waals surface area contributed by atoms with Gasteiger partial charge in [-0.3, -0.25) is 15.1 Å². The summed E-state index contributed by atoms with van der Waals surface area (Å²) in [7, 11) is 0. The van der Waals surface area contributed by atoms with E-state index in [0.717, 1.165) is 0 Å². The van der Waals surface area contributed by atoms with Gasteiger partial charge in [-0.2, -0.15) is 0 Å². The molecule has 1 saturated heterocycles. The lowest BCUT2D eigenvalue weighted by atomic mass is 10.3. The molecular formula is C9H9N3O3. The molecule has 0 aliphatic carbocycles. The SMILES string of the molecule is O=C1CNC(OC(=O)c2cccnc2)N1. The summed E-state index contributed by atoms with van der Waals surface area (Å²) >= 11 is 0. The number of ether oxygens (including phenoxy) is 1. The molecular weight excluding hydrogens is 198 g/mol. The average Bonchev–Trinajstić information content (AvgIpc) is 2.65. The molecule has 15 heavy (non-hydrogen) atoms. The van der Waals surface area contributed by atoms with Crippen molar-refractivity contribution >= 4 is 11.9 Å². The molecule has 1 atom stereocenters. The van der Waals surface area contributed by atoms with Gasteiger partial charge in [-0.15, -0.1) is 0 Å². The van der Waals surface area contributed by atoms with Crippen molar-refractivity contribution in [3.05, 3.63) is 30.1 Å². The van der Waals surface area contributed by atoms with Crippen LogP contribution in [0.25, 0.3) is 0 Å². The maximum absolute atomic E-state index is 11.5. The second-order valence-corrected chi connectivity index (χ2v) is 2.98. The van der Waals surface area contributed by atoms with Crippen LogP contribution in [0.1, 0.15) is 10.4 Å². The zero-order valence-electron chi connectivity index (χ0n) is 7.77. The van der Waals surface area contributed by atoms with Gasteiger partial charge in [0.25, 0.3) is 0 Å². The molecule has 1 unspecified atom stereocenters. The topological polar surface area (TPSA) is 80.3 Å². The van der Waals surface area contributed by atoms with E-state index in [1.165, 1.54) is 6.20 Å². The van der Waals surface area contributed by atoms with Crippen molar-refractivity contribution in [3.63, 3.8) is 0 Å². The maximum Gasteiger partial charge on any atom is 0.342 e. The summed E-state index contributed by atoms with van der Waals surface area (Å²) in [5, 5.41) is 5.12. The Kier molecular flexibility index (Phi) is 2.59. The van der Waals surface area contributed by atoms with Crippen molar-refractivity contribution in [1.82, 2.24) is 15.6 Å². The first-order chi connectivity index (χ1) is 7.25. The van der Waals surface area contributed by atoms with Gasteiger partial charge >= 0.3 is 5.97 Å². The van der Waals surface area contributed by atoms with Crippen molar-refractivity contribution < 1.29 is 14.3 Å². The first kappa shape index (κ1) is 9.60. The highest BCUT2D eigenvalue weighted by Gasteiger charge is 2.23. The van der Waals surface area contributed by atoms with E-state index in [4.69, 9.17) is 4.74 Å². The minimum atomic E-state index is -0.745. The summed E-state index contributed by atoms with van der Waals surface area (Å²) in [4.78, 5) is 26.0. The van der Waals surface area contributed by atoms with E-state index in [2.05, 4.69) is 15.6 Å². The Morgan fingerprint density at radius 3 is 3.07 bits per heavy atom. The smallest absolute Gasteiger partial charge is 0.342 e. The third-order valence-corrected chi connectivity index (χ3v) is 1.86. The van der Waals surface area contributed by atoms with Gasteiger partial charge in [-0.05, 0) is 12.1 Å². The molecule has 1 aromatic rings. The number of carbonyl (C=O) groups is 2. The molecule has 6 nitrogen and oxygen atoms in total. The molecule has 1 aromatic heterocycles. The van der Waals surface area contributed by atoms with E-state index in [-0.39, 0.29) is 12.5 Å². The molecule has 0 radical (unpaired) electrons. The molecule has 78 valence electrons. The molecule has 1 aliphatic rings. The van der Waals surface area contributed by atoms with Gasteiger partial charge in [0, 0.05) is 12.4 Å². The van der Waals surface area contributed by atoms with Crippen LogP contribution in [0.5, 0.6) is 0 Å². The molecule has 6 heteroatoms. The highest BCUT2D eigenvalue weighted by molar-refractivity contribution is 5.89. The van der Waals surface area contributed by atoms with Crippen LogP contribution >= 0.6 is 0 Å². The molecule has 0 aromatic carbocycles. The lowest BCUT2D eigenvalue weighted by Crippen LogP contribution is -2.36. The molecule has 1 aliphatic heterocycles. The Morgan fingerprint density at radius 2 is 2.47 bits per heavy atom. The van der Waals surface area contributed by atoms with Gasteiger partial charge < -0.3 is 10.1 Å². The van der Waals surface area contributed by atoms with E-state index >= 15 is 0 Å². The van der Waals surface area contributed by atoms with Gasteiger partial charge in [0.05, 0.1) is 12.1 Å². The number of nitrogens with zero attached hydrogens (tertiary/aromatic N) is 1. The van der Waals surface area contributed by atoms with Gasteiger partial charge in [-0.1, -0.05) is 0 Å². The molecule has 2 heterocycles. The molecule has 2 N–H and O–H groups in total. The Morgan fingerprint density at radius 1 is 1.60 bits per heavy atom. The molecule has 2 rings (SSSR count). The second-order valence-electron chi connectivity index (χ2n) is 2.98. The third kappa shape index (κ3) is 2.29. The van der Waals surface area contributed by atoms with Gasteiger partial charge in [0.15, 0.2) is 0 Å². The number of pyridine rings is 1. The van der Waals surface area contributed by atoms with Crippen molar-refractivity contribution in [3.8, 4) is 0 Å². The summed E-state index contributed by atoms with van der Waals surface area (Å²) in [5.74, 6) is -0.721. The number of rotatable bonds is 2. The number of esters is 1. The molecule has 0 spiro atoms. The standard InChI is InChI=1S/C9H9N3O3/c13-7-5-11-9(12-7)15-8(14)6-2-1-3-10-4-6/h1-4,9,11H,5H2,(H,12,13). The fraction of sp³-hybridized carbons (Fsp3) is 0.222. The number of aromatic nitrogens is 1. The Bertz CT molecular complexity index is 379. The predicted molar refractivity (Wildman–Crippen MR) is 49.6 cm³/mol. The van der Waals surface area contributed by atoms with E-state index in [0.29, 0.717) is 5.56 Å². The molecule has 1 amide bonds. The number of amides is 1. The minimum Gasteiger partial charge on any atom is -0.424 e. The highest BCUT2D eigenvalue weighted by Crippen LogP contribution is 2.01. The van der Waals surface area contributed by atoms with Crippen molar-refractivity contribution in [1.29, 1.82) is 0 Å². The zero-order valence-corrected chi connectivity index (χ0v) is 7.77. The van der Waals surface area contributed by atoms with E-state index in [1.54, 1.807) is 18.3 Å². The predicted octanol–water partition coefficient (Wildman–Crippen LogP) is -0.759. The van der Waals surface area contributed by atoms with Crippen molar-refractivity contribution in [2.45, 2.75) is 6.35 Å². The van der Waals surface area contributed by atoms with Crippen LogP contribution < -0.4 is 10.6 Å². The third-order valence-electron chi connectivity index (χ3n) is 1.86. The van der Waals surface area contributed by atoms with Crippen LogP contribution in [0.15, 0.2) is 24.5 Å². The normalized spacial score (nSPS) is 19.7. The van der Waals surface area contributed by atoms with Crippen LogP contribution in [0.2, 0.25) is 0 Å². The molecule has 0 bridgehead atoms. The largest absolute Gasteiger partial charge is 0.424 e. The second kappa shape index (κ2) is 4.05. The van der Waals surface area contributed by atoms with Crippen LogP contribution in [0.4, 0.5) is 0 Å². The zero-order chi connectivity index (χ0) is 10.7. The number of nitrogens with one attached hydrogen (secondary N) is 2. The van der Waals surface area contributed by atoms with E-state index in [1.807, 2.05) is 0 Å². The lowest BCUT2D eigenvalue weighted by Gasteiger charge is -2.11. The Labute approximate surface area is 85.6 Å². The summed E-state index contributed by atoms with van der Waals surface area (Å²) in [6, 6.07) is 3.23. The van der Waals surface area contributed by atoms with Crippen molar-refractivity contribution in [2.24, 2.45) is 0 Å². The van der Waals surface area contributed by atoms with E-state index in [9.17, 15) is 9.59 Å². The average molecular weight is 207 g/mol. The molecule has 1 fully saturated rings. The summed E-state index contributed by atoms with van der Waals surface area (Å²) < 4.78 is 4.95. The number of hydrogen-bond donors (Lipinski definition) is 2. The van der Waals surface area contributed by atoms with Crippen molar-refractivity contribution in [2.75, 3.05) is 6.54 Å². The first-order valence-corrected chi connectivity index (χ1v) is 4.39. The maximum atomic E-state index is 11.5. The van der Waals surface area contributed by atoms with Crippen LogP contribution in [0, 0.1) is 0 Å². The Balaban J connectivity index is 1.96. The fourth-order valence-electron chi connectivity index (χ4n) is 1.16. The number of carbonyl (C=O) groups excluding carboxylic acids is 2. The summed E-state index contributed by atoms with van der Waals surface area (Å²) in [5.41, 5.74) is 0.348. The van der Waals surface area contributed by atoms with Gasteiger partial charge in [0.2, 0.25) is 12.3 Å². The summed E-state index contributed by atoms with van der Waals surface area (Å²) in [6.45, 7) is 0.158. The number of hydrogen-bond acceptors (Lipinski definition) is 5. The Hall–Kier alpha value is -1.95. The monoisotopic (exact) mass is 207 g/mol. The van der Waals surface area contributed by atoms with E-state index < -0.39 is 12.3 Å². The highest BCUT2D eigenvalue weighted by atomic mass is 16.6. The lowest BCUT2D eigenvalue weighted by molar-refractivity contribution is -0.119. The minimum absolute atomic E-state index is 0.158. The fourth-order valence-corrected chi connectivity index (χ4v) is 1.16. The van der Waals surface area contributed by atoms with Gasteiger partial charge in [0.1, 0.15) is 0 Å². The van der Waals surface area contributed by atoms with Crippen LogP contribution in [-0.2, 0) is 9.53 Å². The van der Waals surface area contributed by atoms with Gasteiger partial charge in [-0.25, -0.2) is 4.79 Å². The molecule has 0 saturated carbocycles. The first-order valence-electron chi connectivity index (χ1n) is 4.39. The van der Waals surface area contributed by atoms with Crippen LogP contribution in [0.3, 0.4) is 0 Å². The summed E-state index contributed by atoms with van der Waals surface area (Å²) in [6.07, 6.45) is 2.22. The quantitative estimate of drug-likeness (QED) is 0.623. The van der Waals surface area contributed by atoms with Crippen LogP contribution in [-0.4, -0.2) is 29.8 Å².